The zero-order chi connectivity index (χ0) is 7.40. The van der Waals surface area contributed by atoms with Crippen LogP contribution in [0.25, 0.3) is 0 Å². The molecule has 0 saturated heterocycles. The molecule has 5 heteroatoms. The van der Waals surface area contributed by atoms with Crippen LogP contribution in [0.15, 0.2) is 18.5 Å². The van der Waals surface area contributed by atoms with Crippen molar-refractivity contribution in [3.8, 4) is 5.75 Å². The lowest BCUT2D eigenvalue weighted by Gasteiger charge is -2.00. The van der Waals surface area contributed by atoms with E-state index < -0.39 is 6.61 Å². The number of hydrogen-bond acceptors (Lipinski definition) is 3. The fourth-order valence-electron chi connectivity index (χ4n) is 0.451. The maximum absolute atomic E-state index is 11.5. The molecule has 0 aliphatic rings. The maximum Gasteiger partial charge on any atom is 0.387 e. The zero-order valence-electron chi connectivity index (χ0n) is 4.87. The minimum absolute atomic E-state index is 0.0185. The molecule has 0 aromatic carbocycles. The lowest BCUT2D eigenvalue weighted by molar-refractivity contribution is -0.0501. The Morgan fingerprint density at radius 2 is 2.20 bits per heavy atom. The molecule has 0 radical (unpaired) electrons. The molecule has 1 aromatic rings. The van der Waals surface area contributed by atoms with Gasteiger partial charge >= 0.3 is 6.61 Å². The highest BCUT2D eigenvalue weighted by molar-refractivity contribution is 5.12. The summed E-state index contributed by atoms with van der Waals surface area (Å²) in [7, 11) is 0. The summed E-state index contributed by atoms with van der Waals surface area (Å²) in [5.74, 6) is 0.0185. The van der Waals surface area contributed by atoms with E-state index in [1.54, 1.807) is 0 Å². The van der Waals surface area contributed by atoms with Crippen molar-refractivity contribution < 1.29 is 13.5 Å². The van der Waals surface area contributed by atoms with Gasteiger partial charge in [0.1, 0.15) is 5.75 Å². The Morgan fingerprint density at radius 3 is 2.70 bits per heavy atom. The van der Waals surface area contributed by atoms with Crippen molar-refractivity contribution in [2.75, 3.05) is 0 Å². The number of hydrogen-bond donors (Lipinski definition) is 0. The molecule has 0 aliphatic heterocycles. The minimum Gasteiger partial charge on any atom is -0.433 e. The van der Waals surface area contributed by atoms with E-state index in [9.17, 15) is 8.78 Å². The second-order valence-corrected chi connectivity index (χ2v) is 1.46. The Balaban J connectivity index is 2.59. The van der Waals surface area contributed by atoms with Crippen molar-refractivity contribution in [1.29, 1.82) is 0 Å². The first-order valence-corrected chi connectivity index (χ1v) is 2.50. The molecule has 0 fully saturated rings. The van der Waals surface area contributed by atoms with Gasteiger partial charge in [-0.3, -0.25) is 0 Å². The minimum atomic E-state index is -2.80. The topological polar surface area (TPSA) is 35.0 Å². The van der Waals surface area contributed by atoms with Gasteiger partial charge in [0.2, 0.25) is 0 Å². The second kappa shape index (κ2) is 3.05. The Kier molecular flexibility index (Phi) is 2.09. The molecular weight excluding hydrogens is 142 g/mol. The van der Waals surface area contributed by atoms with Gasteiger partial charge in [0, 0.05) is 6.07 Å². The van der Waals surface area contributed by atoms with E-state index in [1.165, 1.54) is 12.3 Å². The van der Waals surface area contributed by atoms with Crippen molar-refractivity contribution in [1.82, 2.24) is 10.2 Å². The fourth-order valence-corrected chi connectivity index (χ4v) is 0.451. The molecule has 10 heavy (non-hydrogen) atoms. The second-order valence-electron chi connectivity index (χ2n) is 1.46. The Bertz CT molecular complexity index is 192. The molecule has 0 N–H and O–H groups in total. The van der Waals surface area contributed by atoms with Gasteiger partial charge in [-0.1, -0.05) is 0 Å². The predicted octanol–water partition coefficient (Wildman–Crippen LogP) is 1.08. The number of nitrogens with zero attached hydrogens (tertiary/aromatic N) is 2. The van der Waals surface area contributed by atoms with E-state index in [0.717, 1.165) is 6.20 Å². The van der Waals surface area contributed by atoms with Gasteiger partial charge in [-0.25, -0.2) is 0 Å². The van der Waals surface area contributed by atoms with Gasteiger partial charge in [0.15, 0.2) is 0 Å². The van der Waals surface area contributed by atoms with Gasteiger partial charge < -0.3 is 4.74 Å². The van der Waals surface area contributed by atoms with Crippen LogP contribution in [0.1, 0.15) is 0 Å². The van der Waals surface area contributed by atoms with Gasteiger partial charge in [-0.05, 0) is 0 Å². The number of ether oxygens (including phenoxy) is 1. The van der Waals surface area contributed by atoms with Gasteiger partial charge in [-0.2, -0.15) is 19.0 Å². The SMILES string of the molecule is FC(F)Oc1ccnnc1. The molecule has 0 atom stereocenters. The lowest BCUT2D eigenvalue weighted by atomic mass is 10.5. The highest BCUT2D eigenvalue weighted by Gasteiger charge is 2.02. The standard InChI is InChI=1S/C5H4F2N2O/c6-5(7)10-4-1-2-8-9-3-4/h1-3,5H. The van der Waals surface area contributed by atoms with E-state index in [2.05, 4.69) is 14.9 Å². The molecule has 1 aromatic heterocycles. The lowest BCUT2D eigenvalue weighted by Crippen LogP contribution is -2.01. The van der Waals surface area contributed by atoms with Gasteiger partial charge in [0.25, 0.3) is 0 Å². The van der Waals surface area contributed by atoms with Crippen LogP contribution in [-0.4, -0.2) is 16.8 Å². The molecular formula is C5H4F2N2O. The van der Waals surface area contributed by atoms with Crippen molar-refractivity contribution >= 4 is 0 Å². The summed E-state index contributed by atoms with van der Waals surface area (Å²) in [6.07, 6.45) is 2.39. The predicted molar refractivity (Wildman–Crippen MR) is 28.7 cm³/mol. The number of alkyl halides is 2. The molecule has 1 heterocycles. The molecule has 1 rings (SSSR count). The molecule has 0 bridgehead atoms. The van der Waals surface area contributed by atoms with Gasteiger partial charge in [-0.15, -0.1) is 0 Å². The Labute approximate surface area is 55.6 Å². The van der Waals surface area contributed by atoms with Crippen LogP contribution < -0.4 is 4.74 Å². The third-order valence-corrected chi connectivity index (χ3v) is 0.782. The van der Waals surface area contributed by atoms with Crippen molar-refractivity contribution in [2.24, 2.45) is 0 Å². The highest BCUT2D eigenvalue weighted by atomic mass is 19.3. The van der Waals surface area contributed by atoms with Crippen LogP contribution in [0, 0.1) is 0 Å². The van der Waals surface area contributed by atoms with E-state index in [0.29, 0.717) is 0 Å². The fraction of sp³-hybridized carbons (Fsp3) is 0.200. The summed E-state index contributed by atoms with van der Waals surface area (Å²) < 4.78 is 26.9. The van der Waals surface area contributed by atoms with Crippen LogP contribution >= 0.6 is 0 Å². The molecule has 0 aliphatic carbocycles. The summed E-state index contributed by atoms with van der Waals surface area (Å²) >= 11 is 0. The van der Waals surface area contributed by atoms with Crippen LogP contribution in [-0.2, 0) is 0 Å². The average molecular weight is 146 g/mol. The molecule has 3 nitrogen and oxygen atoms in total. The maximum atomic E-state index is 11.5. The molecule has 0 spiro atoms. The van der Waals surface area contributed by atoms with E-state index in [-0.39, 0.29) is 5.75 Å². The number of rotatable bonds is 2. The van der Waals surface area contributed by atoms with Crippen LogP contribution in [0.3, 0.4) is 0 Å². The summed E-state index contributed by atoms with van der Waals surface area (Å²) in [5.41, 5.74) is 0. The first kappa shape index (κ1) is 6.85. The van der Waals surface area contributed by atoms with Gasteiger partial charge in [0.05, 0.1) is 12.4 Å². The molecule has 0 unspecified atom stereocenters. The quantitative estimate of drug-likeness (QED) is 0.626. The normalized spacial score (nSPS) is 9.90. The van der Waals surface area contributed by atoms with Crippen molar-refractivity contribution in [3.63, 3.8) is 0 Å². The number of halogens is 2. The summed E-state index contributed by atoms with van der Waals surface area (Å²) in [6.45, 7) is -2.80. The largest absolute Gasteiger partial charge is 0.433 e. The molecule has 0 saturated carbocycles. The Morgan fingerprint density at radius 1 is 1.40 bits per heavy atom. The third-order valence-electron chi connectivity index (χ3n) is 0.782. The van der Waals surface area contributed by atoms with E-state index >= 15 is 0 Å². The van der Waals surface area contributed by atoms with E-state index in [4.69, 9.17) is 0 Å². The summed E-state index contributed by atoms with van der Waals surface area (Å²) in [4.78, 5) is 0. The molecule has 0 amide bonds. The Hall–Kier alpha value is -1.26. The molecule has 54 valence electrons. The summed E-state index contributed by atoms with van der Waals surface area (Å²) in [5, 5.41) is 6.71. The average Bonchev–Trinajstić information content (AvgIpc) is 1.88. The monoisotopic (exact) mass is 146 g/mol. The van der Waals surface area contributed by atoms with Crippen LogP contribution in [0.4, 0.5) is 8.78 Å². The van der Waals surface area contributed by atoms with Crippen molar-refractivity contribution in [3.05, 3.63) is 18.5 Å². The first-order valence-electron chi connectivity index (χ1n) is 2.50. The van der Waals surface area contributed by atoms with Crippen LogP contribution in [0.5, 0.6) is 5.75 Å². The van der Waals surface area contributed by atoms with E-state index in [1.807, 2.05) is 0 Å². The highest BCUT2D eigenvalue weighted by Crippen LogP contribution is 2.08. The summed E-state index contributed by atoms with van der Waals surface area (Å²) in [6, 6.07) is 1.30. The first-order chi connectivity index (χ1) is 4.79. The third kappa shape index (κ3) is 1.93. The van der Waals surface area contributed by atoms with Crippen LogP contribution in [0.2, 0.25) is 0 Å². The zero-order valence-corrected chi connectivity index (χ0v) is 4.87. The number of aromatic nitrogens is 2. The van der Waals surface area contributed by atoms with Crippen molar-refractivity contribution in [2.45, 2.75) is 6.61 Å². The smallest absolute Gasteiger partial charge is 0.387 e.